The number of nitrogens with zero attached hydrogens (tertiary/aromatic N) is 1. The average molecular weight is 1000 g/mol. The Bertz CT molecular complexity index is 1070. The van der Waals surface area contributed by atoms with E-state index in [-0.39, 0.29) is 25.8 Å². The molecule has 8 nitrogen and oxygen atoms in total. The van der Waals surface area contributed by atoms with E-state index in [1.807, 2.05) is 21.1 Å². The minimum atomic E-state index is -4.53. The summed E-state index contributed by atoms with van der Waals surface area (Å²) in [5.74, 6) is -0.322. The minimum Gasteiger partial charge on any atom is -0.756 e. The van der Waals surface area contributed by atoms with Crippen LogP contribution >= 0.6 is 7.82 Å². The molecule has 0 spiro atoms. The second kappa shape index (κ2) is 53.8. The Labute approximate surface area is 431 Å². The van der Waals surface area contributed by atoms with Gasteiger partial charge in [-0.15, -0.1) is 0 Å². The largest absolute Gasteiger partial charge is 0.756 e. The van der Waals surface area contributed by atoms with E-state index in [1.54, 1.807) is 0 Å². The average Bonchev–Trinajstić information content (AvgIpc) is 3.31. The number of ether oxygens (including phenoxy) is 2. The highest BCUT2D eigenvalue weighted by atomic mass is 31.2. The lowest BCUT2D eigenvalue weighted by molar-refractivity contribution is -0.870. The lowest BCUT2D eigenvalue weighted by Crippen LogP contribution is -2.37. The van der Waals surface area contributed by atoms with Crippen LogP contribution in [0, 0.1) is 0 Å². The van der Waals surface area contributed by atoms with Crippen molar-refractivity contribution in [3.63, 3.8) is 0 Å². The van der Waals surface area contributed by atoms with Gasteiger partial charge in [-0.05, 0) is 12.8 Å². The molecule has 2 atom stereocenters. The molecule has 0 N–H and O–H groups in total. The van der Waals surface area contributed by atoms with Crippen LogP contribution in [-0.4, -0.2) is 70.7 Å². The molecular weight excluding hydrogens is 878 g/mol. The molecule has 0 aliphatic heterocycles. The lowest BCUT2D eigenvalue weighted by Gasteiger charge is -2.28. The van der Waals surface area contributed by atoms with Crippen LogP contribution in [0.1, 0.15) is 322 Å². The number of unbranched alkanes of at least 4 members (excludes halogenated alkanes) is 45. The van der Waals surface area contributed by atoms with Crippen molar-refractivity contribution < 1.29 is 37.3 Å². The Hall–Kier alpha value is -0.500. The number of quaternary nitrogens is 1. The van der Waals surface area contributed by atoms with Gasteiger partial charge >= 0.3 is 5.97 Å². The quantitative estimate of drug-likeness (QED) is 0.0259. The van der Waals surface area contributed by atoms with Crippen LogP contribution in [0.3, 0.4) is 0 Å². The van der Waals surface area contributed by atoms with Crippen LogP contribution in [0.2, 0.25) is 0 Å². The molecule has 9 heteroatoms. The van der Waals surface area contributed by atoms with Gasteiger partial charge in [0, 0.05) is 13.0 Å². The molecule has 0 aromatic rings. The molecule has 0 fully saturated rings. The van der Waals surface area contributed by atoms with Crippen molar-refractivity contribution in [1.29, 1.82) is 0 Å². The van der Waals surface area contributed by atoms with E-state index in [1.165, 1.54) is 270 Å². The third kappa shape index (κ3) is 58.3. The molecule has 0 aromatic carbocycles. The molecule has 0 saturated heterocycles. The molecule has 0 heterocycles. The molecule has 0 amide bonds. The van der Waals surface area contributed by atoms with Crippen LogP contribution in [0.15, 0.2) is 0 Å². The van der Waals surface area contributed by atoms with E-state index in [0.717, 1.165) is 32.1 Å². The first-order valence-electron chi connectivity index (χ1n) is 30.8. The maximum absolute atomic E-state index is 12.8. The predicted octanol–water partition coefficient (Wildman–Crippen LogP) is 18.9. The third-order valence-electron chi connectivity index (χ3n) is 14.2. The monoisotopic (exact) mass is 1000 g/mol. The Morgan fingerprint density at radius 2 is 0.667 bits per heavy atom. The zero-order valence-corrected chi connectivity index (χ0v) is 48.2. The van der Waals surface area contributed by atoms with Crippen molar-refractivity contribution in [3.8, 4) is 0 Å². The topological polar surface area (TPSA) is 94.1 Å². The molecule has 0 aliphatic rings. The first kappa shape index (κ1) is 68.5. The van der Waals surface area contributed by atoms with Crippen LogP contribution in [0.25, 0.3) is 0 Å². The lowest BCUT2D eigenvalue weighted by atomic mass is 10.0. The summed E-state index contributed by atoms with van der Waals surface area (Å²) in [5, 5.41) is 0. The number of esters is 1. The Kier molecular flexibility index (Phi) is 53.4. The van der Waals surface area contributed by atoms with Gasteiger partial charge in [-0.2, -0.15) is 0 Å². The SMILES string of the molecule is CCCCCCCCCCCCCCCCCCCCCCCCCCCOCC(COP(=O)([O-])OCC[N+](C)(C)C)OC(=O)CCCCCCCCCCCCCCCCCCCCCCCC. The number of phosphoric ester groups is 1. The predicted molar refractivity (Wildman–Crippen MR) is 296 cm³/mol. The Balaban J connectivity index is 3.97. The first-order valence-corrected chi connectivity index (χ1v) is 32.2. The minimum absolute atomic E-state index is 0.0321. The highest BCUT2D eigenvalue weighted by molar-refractivity contribution is 7.45. The Morgan fingerprint density at radius 1 is 0.391 bits per heavy atom. The smallest absolute Gasteiger partial charge is 0.306 e. The van der Waals surface area contributed by atoms with Gasteiger partial charge in [0.05, 0.1) is 34.4 Å². The van der Waals surface area contributed by atoms with Crippen molar-refractivity contribution in [2.45, 2.75) is 328 Å². The molecule has 0 saturated carbocycles. The fourth-order valence-corrected chi connectivity index (χ4v) is 10.2. The molecule has 0 aliphatic carbocycles. The zero-order chi connectivity index (χ0) is 50.5. The summed E-state index contributed by atoms with van der Waals surface area (Å²) >= 11 is 0. The molecule has 414 valence electrons. The third-order valence-corrected chi connectivity index (χ3v) is 15.1. The number of rotatable bonds is 59. The van der Waals surface area contributed by atoms with E-state index < -0.39 is 13.9 Å². The number of carbonyl (C=O) groups excluding carboxylic acids is 1. The summed E-state index contributed by atoms with van der Waals surface area (Å²) in [6.07, 6.45) is 63.0. The highest BCUT2D eigenvalue weighted by Gasteiger charge is 2.20. The number of phosphoric acid groups is 1. The molecule has 0 aromatic heterocycles. The van der Waals surface area contributed by atoms with Gasteiger partial charge in [0.15, 0.2) is 0 Å². The van der Waals surface area contributed by atoms with E-state index in [0.29, 0.717) is 24.1 Å². The normalized spacial score (nSPS) is 13.3. The first-order chi connectivity index (χ1) is 33.6. The molecule has 0 rings (SSSR count). The fraction of sp³-hybridized carbons (Fsp3) is 0.983. The van der Waals surface area contributed by atoms with E-state index in [4.69, 9.17) is 18.5 Å². The van der Waals surface area contributed by atoms with Crippen LogP contribution < -0.4 is 4.89 Å². The van der Waals surface area contributed by atoms with Gasteiger partial charge in [-0.25, -0.2) is 0 Å². The standard InChI is InChI=1S/C60H122NO7P/c1-6-8-10-12-14-16-18-20-22-24-26-28-30-31-32-34-36-38-40-42-44-46-48-50-52-55-65-57-59(58-67-69(63,64)66-56-54-61(3,4)5)68-60(62)53-51-49-47-45-43-41-39-37-35-33-29-27-25-23-21-19-17-15-13-11-9-7-2/h59H,6-58H2,1-5H3. The van der Waals surface area contributed by atoms with E-state index in [9.17, 15) is 14.3 Å². The summed E-state index contributed by atoms with van der Waals surface area (Å²) in [6, 6.07) is 0. The second-order valence-corrected chi connectivity index (χ2v) is 23.8. The summed E-state index contributed by atoms with van der Waals surface area (Å²) in [4.78, 5) is 25.3. The zero-order valence-electron chi connectivity index (χ0n) is 47.3. The van der Waals surface area contributed by atoms with Gasteiger partial charge in [0.25, 0.3) is 7.82 Å². The number of hydrogen-bond acceptors (Lipinski definition) is 7. The summed E-state index contributed by atoms with van der Waals surface area (Å²) < 4.78 is 34.9. The van der Waals surface area contributed by atoms with Gasteiger partial charge in [0.1, 0.15) is 19.3 Å². The van der Waals surface area contributed by atoms with Crippen LogP contribution in [0.5, 0.6) is 0 Å². The van der Waals surface area contributed by atoms with E-state index in [2.05, 4.69) is 13.8 Å². The molecule has 69 heavy (non-hydrogen) atoms. The van der Waals surface area contributed by atoms with Gasteiger partial charge in [-0.1, -0.05) is 303 Å². The number of hydrogen-bond donors (Lipinski definition) is 0. The van der Waals surface area contributed by atoms with Crippen LogP contribution in [-0.2, 0) is 27.9 Å². The number of likely N-dealkylation sites (N-methyl/N-ethyl adjacent to an activating group) is 1. The van der Waals surface area contributed by atoms with Gasteiger partial charge < -0.3 is 27.9 Å². The second-order valence-electron chi connectivity index (χ2n) is 22.4. The molecular formula is C60H122NO7P. The maximum Gasteiger partial charge on any atom is 0.306 e. The summed E-state index contributed by atoms with van der Waals surface area (Å²) in [6.45, 7) is 5.52. The summed E-state index contributed by atoms with van der Waals surface area (Å²) in [7, 11) is 1.38. The van der Waals surface area contributed by atoms with Gasteiger partial charge in [0.2, 0.25) is 0 Å². The van der Waals surface area contributed by atoms with E-state index >= 15 is 0 Å². The Morgan fingerprint density at radius 3 is 0.957 bits per heavy atom. The van der Waals surface area contributed by atoms with Crippen LogP contribution in [0.4, 0.5) is 0 Å². The van der Waals surface area contributed by atoms with Crippen molar-refractivity contribution in [2.75, 3.05) is 54.1 Å². The molecule has 0 bridgehead atoms. The molecule has 2 unspecified atom stereocenters. The van der Waals surface area contributed by atoms with Crippen molar-refractivity contribution >= 4 is 13.8 Å². The molecule has 0 radical (unpaired) electrons. The van der Waals surface area contributed by atoms with Gasteiger partial charge in [-0.3, -0.25) is 9.36 Å². The fourth-order valence-electron chi connectivity index (χ4n) is 9.44. The summed E-state index contributed by atoms with van der Waals surface area (Å²) in [5.41, 5.74) is 0. The van der Waals surface area contributed by atoms with Crippen molar-refractivity contribution in [1.82, 2.24) is 0 Å². The maximum atomic E-state index is 12.8. The van der Waals surface area contributed by atoms with Crippen molar-refractivity contribution in [2.24, 2.45) is 0 Å². The number of carbonyl (C=O) groups is 1. The van der Waals surface area contributed by atoms with Crippen molar-refractivity contribution in [3.05, 3.63) is 0 Å². The highest BCUT2D eigenvalue weighted by Crippen LogP contribution is 2.38.